The zero-order valence-corrected chi connectivity index (χ0v) is 12.7. The number of fused-ring (bicyclic) bond motifs is 1. The van der Waals surface area contributed by atoms with Crippen LogP contribution < -0.4 is 5.73 Å². The van der Waals surface area contributed by atoms with Gasteiger partial charge in [0.1, 0.15) is 0 Å². The van der Waals surface area contributed by atoms with Gasteiger partial charge in [-0.2, -0.15) is 0 Å². The fourth-order valence-electron chi connectivity index (χ4n) is 3.97. The third kappa shape index (κ3) is 2.00. The molecule has 0 aromatic rings. The van der Waals surface area contributed by atoms with Crippen molar-refractivity contribution < 1.29 is 4.74 Å². The summed E-state index contributed by atoms with van der Waals surface area (Å²) in [6.45, 7) is 12.1. The second-order valence-corrected chi connectivity index (χ2v) is 7.16. The highest BCUT2D eigenvalue weighted by Gasteiger charge is 2.67. The monoisotopic (exact) mass is 254 g/mol. The lowest BCUT2D eigenvalue weighted by molar-refractivity contribution is -0.162. The Morgan fingerprint density at radius 2 is 2.11 bits per heavy atom. The largest absolute Gasteiger partial charge is 0.377 e. The van der Waals surface area contributed by atoms with Gasteiger partial charge in [-0.1, -0.05) is 34.1 Å². The maximum atomic E-state index is 6.76. The summed E-state index contributed by atoms with van der Waals surface area (Å²) < 4.78 is 5.85. The minimum absolute atomic E-state index is 0.0730. The maximum Gasteiger partial charge on any atom is 0.0691 e. The van der Waals surface area contributed by atoms with Crippen molar-refractivity contribution in [2.45, 2.75) is 52.2 Å². The molecule has 1 aliphatic carbocycles. The summed E-state index contributed by atoms with van der Waals surface area (Å²) >= 11 is 0. The Hall–Kier alpha value is -0.120. The van der Waals surface area contributed by atoms with Crippen molar-refractivity contribution in [1.29, 1.82) is 0 Å². The molecule has 0 bridgehead atoms. The summed E-state index contributed by atoms with van der Waals surface area (Å²) in [6.07, 6.45) is 2.77. The van der Waals surface area contributed by atoms with E-state index in [9.17, 15) is 0 Å². The molecule has 1 saturated heterocycles. The zero-order valence-electron chi connectivity index (χ0n) is 12.7. The Labute approximate surface area is 112 Å². The van der Waals surface area contributed by atoms with Crippen LogP contribution in [-0.4, -0.2) is 43.3 Å². The quantitative estimate of drug-likeness (QED) is 0.816. The molecule has 1 aliphatic heterocycles. The average Bonchev–Trinajstić information content (AvgIpc) is 2.76. The van der Waals surface area contributed by atoms with E-state index in [0.717, 1.165) is 32.0 Å². The molecule has 4 unspecified atom stereocenters. The lowest BCUT2D eigenvalue weighted by Gasteiger charge is -2.63. The Bertz CT molecular complexity index is 305. The summed E-state index contributed by atoms with van der Waals surface area (Å²) in [5.41, 5.74) is 6.80. The molecule has 2 fully saturated rings. The smallest absolute Gasteiger partial charge is 0.0691 e. The van der Waals surface area contributed by atoms with Crippen molar-refractivity contribution in [2.24, 2.45) is 23.0 Å². The van der Waals surface area contributed by atoms with Crippen LogP contribution in [0.5, 0.6) is 0 Å². The number of ether oxygens (including phenoxy) is 1. The molecule has 0 amide bonds. The summed E-state index contributed by atoms with van der Waals surface area (Å²) in [4.78, 5) is 2.42. The molecule has 0 radical (unpaired) electrons. The van der Waals surface area contributed by atoms with Crippen molar-refractivity contribution in [2.75, 3.05) is 26.7 Å². The van der Waals surface area contributed by atoms with Gasteiger partial charge in [-0.3, -0.25) is 0 Å². The van der Waals surface area contributed by atoms with E-state index in [-0.39, 0.29) is 11.0 Å². The number of hydrogen-bond donors (Lipinski definition) is 1. The molecule has 2 aliphatic rings. The first-order valence-electron chi connectivity index (χ1n) is 7.42. The van der Waals surface area contributed by atoms with Crippen LogP contribution in [0.2, 0.25) is 0 Å². The fourth-order valence-corrected chi connectivity index (χ4v) is 3.97. The minimum atomic E-state index is -0.0730. The topological polar surface area (TPSA) is 38.5 Å². The molecule has 2 rings (SSSR count). The van der Waals surface area contributed by atoms with Gasteiger partial charge in [-0.25, -0.2) is 0 Å². The molecule has 106 valence electrons. The van der Waals surface area contributed by atoms with Crippen molar-refractivity contribution in [1.82, 2.24) is 4.90 Å². The third-order valence-electron chi connectivity index (χ3n) is 5.52. The molecule has 2 N–H and O–H groups in total. The molecule has 3 nitrogen and oxygen atoms in total. The van der Waals surface area contributed by atoms with Crippen LogP contribution in [0.15, 0.2) is 0 Å². The first-order valence-corrected chi connectivity index (χ1v) is 7.42. The molecular weight excluding hydrogens is 224 g/mol. The Kier molecular flexibility index (Phi) is 3.79. The van der Waals surface area contributed by atoms with Crippen LogP contribution in [0.1, 0.15) is 40.5 Å². The molecule has 0 aromatic heterocycles. The zero-order chi connectivity index (χ0) is 13.6. The fraction of sp³-hybridized carbons (Fsp3) is 1.00. The van der Waals surface area contributed by atoms with Gasteiger partial charge in [-0.15, -0.1) is 0 Å². The standard InChI is InChI=1S/C15H30N2O/c1-6-11(2)9-17(5)10-15(16)12-7-8-18-13(12)14(15,3)4/h11-13H,6-10,16H2,1-5H3. The Morgan fingerprint density at radius 1 is 1.44 bits per heavy atom. The van der Waals surface area contributed by atoms with E-state index < -0.39 is 0 Å². The molecule has 1 heterocycles. The predicted molar refractivity (Wildman–Crippen MR) is 75.5 cm³/mol. The number of hydrogen-bond acceptors (Lipinski definition) is 3. The number of nitrogens with zero attached hydrogens (tertiary/aromatic N) is 1. The van der Waals surface area contributed by atoms with E-state index >= 15 is 0 Å². The van der Waals surface area contributed by atoms with E-state index in [1.54, 1.807) is 0 Å². The van der Waals surface area contributed by atoms with Crippen LogP contribution in [0, 0.1) is 17.3 Å². The lowest BCUT2D eigenvalue weighted by Crippen LogP contribution is -2.78. The Morgan fingerprint density at radius 3 is 2.72 bits per heavy atom. The van der Waals surface area contributed by atoms with Crippen molar-refractivity contribution >= 4 is 0 Å². The van der Waals surface area contributed by atoms with Gasteiger partial charge in [0.15, 0.2) is 0 Å². The molecule has 0 spiro atoms. The van der Waals surface area contributed by atoms with Crippen LogP contribution in [0.3, 0.4) is 0 Å². The van der Waals surface area contributed by atoms with E-state index in [0.29, 0.717) is 12.0 Å². The third-order valence-corrected chi connectivity index (χ3v) is 5.52. The molecule has 18 heavy (non-hydrogen) atoms. The molecule has 3 heteroatoms. The summed E-state index contributed by atoms with van der Waals surface area (Å²) in [7, 11) is 2.21. The predicted octanol–water partition coefficient (Wildman–Crippen LogP) is 2.11. The minimum Gasteiger partial charge on any atom is -0.377 e. The van der Waals surface area contributed by atoms with Crippen molar-refractivity contribution in [3.05, 3.63) is 0 Å². The first-order chi connectivity index (χ1) is 8.33. The average molecular weight is 254 g/mol. The van der Waals surface area contributed by atoms with Crippen LogP contribution >= 0.6 is 0 Å². The molecular formula is C15H30N2O. The van der Waals surface area contributed by atoms with E-state index in [4.69, 9.17) is 10.5 Å². The van der Waals surface area contributed by atoms with Crippen LogP contribution in [0.25, 0.3) is 0 Å². The van der Waals surface area contributed by atoms with Gasteiger partial charge in [-0.05, 0) is 19.4 Å². The molecule has 1 saturated carbocycles. The lowest BCUT2D eigenvalue weighted by atomic mass is 9.48. The number of likely N-dealkylation sites (N-methyl/N-ethyl adjacent to an activating group) is 1. The van der Waals surface area contributed by atoms with E-state index in [1.807, 2.05) is 0 Å². The van der Waals surface area contributed by atoms with Gasteiger partial charge < -0.3 is 15.4 Å². The second kappa shape index (κ2) is 4.77. The number of rotatable bonds is 5. The summed E-state index contributed by atoms with van der Waals surface area (Å²) in [5, 5.41) is 0. The number of nitrogens with two attached hydrogens (primary N) is 1. The summed E-state index contributed by atoms with van der Waals surface area (Å²) in [5.74, 6) is 1.31. The highest BCUT2D eigenvalue weighted by molar-refractivity contribution is 5.21. The van der Waals surface area contributed by atoms with Gasteiger partial charge in [0.25, 0.3) is 0 Å². The van der Waals surface area contributed by atoms with Crippen LogP contribution in [-0.2, 0) is 4.74 Å². The van der Waals surface area contributed by atoms with Gasteiger partial charge in [0.05, 0.1) is 6.10 Å². The second-order valence-electron chi connectivity index (χ2n) is 7.16. The van der Waals surface area contributed by atoms with Crippen molar-refractivity contribution in [3.8, 4) is 0 Å². The van der Waals surface area contributed by atoms with E-state index in [1.165, 1.54) is 6.42 Å². The highest BCUT2D eigenvalue weighted by Crippen LogP contribution is 2.58. The summed E-state index contributed by atoms with van der Waals surface area (Å²) in [6, 6.07) is 0. The molecule has 4 atom stereocenters. The normalized spacial score (nSPS) is 39.5. The first kappa shape index (κ1) is 14.3. The van der Waals surface area contributed by atoms with Gasteiger partial charge in [0.2, 0.25) is 0 Å². The molecule has 0 aromatic carbocycles. The Balaban J connectivity index is 1.99. The highest BCUT2D eigenvalue weighted by atomic mass is 16.5. The van der Waals surface area contributed by atoms with Crippen molar-refractivity contribution in [3.63, 3.8) is 0 Å². The van der Waals surface area contributed by atoms with Gasteiger partial charge >= 0.3 is 0 Å². The van der Waals surface area contributed by atoms with E-state index in [2.05, 4.69) is 39.6 Å². The van der Waals surface area contributed by atoms with Crippen LogP contribution in [0.4, 0.5) is 0 Å². The van der Waals surface area contributed by atoms with Gasteiger partial charge in [0, 0.05) is 36.6 Å². The SMILES string of the molecule is CCC(C)CN(C)CC1(N)C2CCOC2C1(C)C. The maximum absolute atomic E-state index is 6.76.